The predicted molar refractivity (Wildman–Crippen MR) is 100 cm³/mol. The fraction of sp³-hybridized carbons (Fsp3) is 0.150. The monoisotopic (exact) mass is 400 g/mol. The summed E-state index contributed by atoms with van der Waals surface area (Å²) in [6.07, 6.45) is -3.27. The molecule has 0 radical (unpaired) electrons. The van der Waals surface area contributed by atoms with Crippen molar-refractivity contribution in [3.05, 3.63) is 64.5 Å². The van der Waals surface area contributed by atoms with Gasteiger partial charge in [-0.2, -0.15) is 13.2 Å². The third-order valence-corrected chi connectivity index (χ3v) is 4.58. The lowest BCUT2D eigenvalue weighted by molar-refractivity contribution is -0.137. The van der Waals surface area contributed by atoms with E-state index < -0.39 is 17.6 Å². The van der Waals surface area contributed by atoms with E-state index in [9.17, 15) is 18.0 Å². The normalized spacial score (nSPS) is 15.3. The number of aromatic nitrogens is 2. The van der Waals surface area contributed by atoms with Crippen LogP contribution in [0.2, 0.25) is 0 Å². The second-order valence-electron chi connectivity index (χ2n) is 6.54. The maximum absolute atomic E-state index is 13.4. The van der Waals surface area contributed by atoms with Crippen LogP contribution in [-0.4, -0.2) is 27.8 Å². The first-order valence-electron chi connectivity index (χ1n) is 8.57. The van der Waals surface area contributed by atoms with Crippen LogP contribution in [0, 0.1) is 6.92 Å². The molecule has 1 aliphatic heterocycles. The Kier molecular flexibility index (Phi) is 4.18. The topological polar surface area (TPSA) is 85.2 Å². The number of benzene rings is 1. The number of furan rings is 1. The summed E-state index contributed by atoms with van der Waals surface area (Å²) in [5.41, 5.74) is 5.60. The molecule has 29 heavy (non-hydrogen) atoms. The SMILES string of the molecule is Cc1ccc(-c2nc(N)nc3c2C(=O)N(C)C3=Cc2ccccc2C(F)(F)F)o1. The molecule has 0 bridgehead atoms. The molecule has 0 saturated heterocycles. The molecular weight excluding hydrogens is 385 g/mol. The van der Waals surface area contributed by atoms with Crippen LogP contribution in [0.1, 0.15) is 32.9 Å². The minimum atomic E-state index is -4.54. The third kappa shape index (κ3) is 3.14. The zero-order valence-electron chi connectivity index (χ0n) is 15.4. The van der Waals surface area contributed by atoms with Crippen molar-refractivity contribution < 1.29 is 22.4 Å². The number of carbonyl (C=O) groups excluding carboxylic acids is 1. The number of nitrogens with two attached hydrogens (primary N) is 1. The molecular formula is C20H15F3N4O2. The minimum Gasteiger partial charge on any atom is -0.460 e. The molecule has 1 aliphatic rings. The van der Waals surface area contributed by atoms with Crippen LogP contribution in [0.15, 0.2) is 40.8 Å². The van der Waals surface area contributed by atoms with Gasteiger partial charge in [0, 0.05) is 7.05 Å². The van der Waals surface area contributed by atoms with Crippen molar-refractivity contribution in [3.8, 4) is 11.5 Å². The van der Waals surface area contributed by atoms with Gasteiger partial charge in [-0.3, -0.25) is 4.79 Å². The Labute approximate surface area is 163 Å². The van der Waals surface area contributed by atoms with Gasteiger partial charge in [0.05, 0.1) is 16.8 Å². The molecule has 0 atom stereocenters. The summed E-state index contributed by atoms with van der Waals surface area (Å²) in [4.78, 5) is 22.4. The van der Waals surface area contributed by atoms with E-state index in [1.165, 1.54) is 36.2 Å². The largest absolute Gasteiger partial charge is 0.460 e. The minimum absolute atomic E-state index is 0.0879. The van der Waals surface area contributed by atoms with E-state index in [2.05, 4.69) is 9.97 Å². The van der Waals surface area contributed by atoms with Crippen molar-refractivity contribution >= 4 is 23.6 Å². The number of carbonyl (C=O) groups is 1. The van der Waals surface area contributed by atoms with Gasteiger partial charge in [-0.05, 0) is 36.8 Å². The van der Waals surface area contributed by atoms with Crippen molar-refractivity contribution in [1.82, 2.24) is 14.9 Å². The average Bonchev–Trinajstić information content (AvgIpc) is 3.18. The highest BCUT2D eigenvalue weighted by Crippen LogP contribution is 2.39. The highest BCUT2D eigenvalue weighted by molar-refractivity contribution is 6.14. The molecule has 1 amide bonds. The van der Waals surface area contributed by atoms with E-state index in [-0.39, 0.29) is 34.2 Å². The number of anilines is 1. The molecule has 148 valence electrons. The summed E-state index contributed by atoms with van der Waals surface area (Å²) in [5.74, 6) is 0.358. The van der Waals surface area contributed by atoms with Crippen molar-refractivity contribution in [2.75, 3.05) is 12.8 Å². The average molecular weight is 400 g/mol. The number of rotatable bonds is 2. The number of hydrogen-bond donors (Lipinski definition) is 1. The zero-order chi connectivity index (χ0) is 20.9. The summed E-state index contributed by atoms with van der Waals surface area (Å²) >= 11 is 0. The highest BCUT2D eigenvalue weighted by Gasteiger charge is 2.37. The molecule has 0 saturated carbocycles. The summed E-state index contributed by atoms with van der Waals surface area (Å²) in [6, 6.07) is 8.46. The van der Waals surface area contributed by atoms with Gasteiger partial charge < -0.3 is 15.1 Å². The molecule has 3 heterocycles. The second-order valence-corrected chi connectivity index (χ2v) is 6.54. The highest BCUT2D eigenvalue weighted by atomic mass is 19.4. The molecule has 6 nitrogen and oxygen atoms in total. The fourth-order valence-corrected chi connectivity index (χ4v) is 3.24. The Morgan fingerprint density at radius 2 is 1.79 bits per heavy atom. The lowest BCUT2D eigenvalue weighted by atomic mass is 10.0. The maximum Gasteiger partial charge on any atom is 0.416 e. The van der Waals surface area contributed by atoms with E-state index >= 15 is 0 Å². The lowest BCUT2D eigenvalue weighted by Gasteiger charge is -2.14. The van der Waals surface area contributed by atoms with Gasteiger partial charge in [0.2, 0.25) is 5.95 Å². The first-order valence-corrected chi connectivity index (χ1v) is 8.57. The molecule has 9 heteroatoms. The first-order chi connectivity index (χ1) is 13.7. The van der Waals surface area contributed by atoms with Gasteiger partial charge in [0.1, 0.15) is 17.1 Å². The number of hydrogen-bond acceptors (Lipinski definition) is 5. The number of alkyl halides is 3. The maximum atomic E-state index is 13.4. The lowest BCUT2D eigenvalue weighted by Crippen LogP contribution is -2.18. The van der Waals surface area contributed by atoms with E-state index in [0.717, 1.165) is 6.07 Å². The third-order valence-electron chi connectivity index (χ3n) is 4.58. The second kappa shape index (κ2) is 6.47. The summed E-state index contributed by atoms with van der Waals surface area (Å²) in [6.45, 7) is 1.74. The Morgan fingerprint density at radius 1 is 1.10 bits per heavy atom. The Morgan fingerprint density at radius 3 is 2.45 bits per heavy atom. The number of nitrogens with zero attached hydrogens (tertiary/aromatic N) is 3. The number of fused-ring (bicyclic) bond motifs is 1. The molecule has 0 aliphatic carbocycles. The Balaban J connectivity index is 1.94. The van der Waals surface area contributed by atoms with Crippen molar-refractivity contribution in [2.24, 2.45) is 0 Å². The summed E-state index contributed by atoms with van der Waals surface area (Å²) < 4.78 is 45.7. The van der Waals surface area contributed by atoms with Crippen LogP contribution >= 0.6 is 0 Å². The van der Waals surface area contributed by atoms with Crippen LogP contribution in [-0.2, 0) is 6.18 Å². The summed E-state index contributed by atoms with van der Waals surface area (Å²) in [5, 5.41) is 0. The van der Waals surface area contributed by atoms with Crippen LogP contribution in [0.3, 0.4) is 0 Å². The molecule has 0 spiro atoms. The number of halogens is 3. The van der Waals surface area contributed by atoms with Gasteiger partial charge in [0.25, 0.3) is 5.91 Å². The van der Waals surface area contributed by atoms with Gasteiger partial charge in [-0.25, -0.2) is 9.97 Å². The Bertz CT molecular complexity index is 1160. The van der Waals surface area contributed by atoms with Crippen LogP contribution in [0.4, 0.5) is 19.1 Å². The van der Waals surface area contributed by atoms with Gasteiger partial charge >= 0.3 is 6.18 Å². The zero-order valence-corrected chi connectivity index (χ0v) is 15.4. The van der Waals surface area contributed by atoms with Crippen molar-refractivity contribution in [2.45, 2.75) is 13.1 Å². The quantitative estimate of drug-likeness (QED) is 0.696. The molecule has 2 N–H and O–H groups in total. The van der Waals surface area contributed by atoms with E-state index in [0.29, 0.717) is 11.5 Å². The van der Waals surface area contributed by atoms with Crippen LogP contribution < -0.4 is 5.73 Å². The van der Waals surface area contributed by atoms with E-state index in [4.69, 9.17) is 10.2 Å². The van der Waals surface area contributed by atoms with Crippen molar-refractivity contribution in [3.63, 3.8) is 0 Å². The van der Waals surface area contributed by atoms with Crippen LogP contribution in [0.25, 0.3) is 23.2 Å². The van der Waals surface area contributed by atoms with Crippen molar-refractivity contribution in [1.29, 1.82) is 0 Å². The fourth-order valence-electron chi connectivity index (χ4n) is 3.24. The van der Waals surface area contributed by atoms with Gasteiger partial charge in [-0.15, -0.1) is 0 Å². The molecule has 1 aromatic carbocycles. The standard InChI is InChI=1S/C20H15F3N4O2/c1-10-7-8-14(29-10)17-15-16(25-19(24)26-17)13(27(2)18(15)28)9-11-5-3-4-6-12(11)20(21,22)23/h3-9H,1-2H3,(H2,24,25,26). The Hall–Kier alpha value is -3.62. The van der Waals surface area contributed by atoms with Crippen LogP contribution in [0.5, 0.6) is 0 Å². The predicted octanol–water partition coefficient (Wildman–Crippen LogP) is 4.23. The van der Waals surface area contributed by atoms with E-state index in [1.54, 1.807) is 19.1 Å². The molecule has 0 unspecified atom stereocenters. The first kappa shape index (κ1) is 18.7. The number of amides is 1. The molecule has 0 fully saturated rings. The van der Waals surface area contributed by atoms with Gasteiger partial charge in [0.15, 0.2) is 5.76 Å². The van der Waals surface area contributed by atoms with Gasteiger partial charge in [-0.1, -0.05) is 18.2 Å². The molecule has 2 aromatic heterocycles. The molecule has 3 aromatic rings. The molecule has 4 rings (SSSR count). The summed E-state index contributed by atoms with van der Waals surface area (Å²) in [7, 11) is 1.46. The smallest absolute Gasteiger partial charge is 0.416 e. The van der Waals surface area contributed by atoms with E-state index in [1.807, 2.05) is 0 Å². The number of nitrogen functional groups attached to an aromatic ring is 1. The number of aryl methyl sites for hydroxylation is 1.